The van der Waals surface area contributed by atoms with E-state index in [2.05, 4.69) is 0 Å². The van der Waals surface area contributed by atoms with E-state index in [1.165, 1.54) is 46.8 Å². The fourth-order valence-corrected chi connectivity index (χ4v) is 5.84. The molecule has 1 aliphatic heterocycles. The normalized spacial score (nSPS) is 16.1. The van der Waals surface area contributed by atoms with E-state index in [9.17, 15) is 21.2 Å². The Morgan fingerprint density at radius 1 is 1.00 bits per heavy atom. The molecular formula is C18H21FN2O5S2. The number of benzene rings is 2. The Bertz CT molecular complexity index is 1030. The van der Waals surface area contributed by atoms with Gasteiger partial charge in [0.25, 0.3) is 10.0 Å². The van der Waals surface area contributed by atoms with Crippen molar-refractivity contribution in [3.05, 3.63) is 54.3 Å². The van der Waals surface area contributed by atoms with Crippen molar-refractivity contribution in [3.63, 3.8) is 0 Å². The molecule has 1 heterocycles. The molecule has 0 saturated carbocycles. The number of halogens is 1. The number of rotatable bonds is 6. The van der Waals surface area contributed by atoms with Gasteiger partial charge in [-0.15, -0.1) is 0 Å². The summed E-state index contributed by atoms with van der Waals surface area (Å²) in [6.45, 7) is 2.89. The van der Waals surface area contributed by atoms with Crippen LogP contribution < -0.4 is 4.31 Å². The molecule has 28 heavy (non-hydrogen) atoms. The first-order valence-electron chi connectivity index (χ1n) is 8.73. The van der Waals surface area contributed by atoms with E-state index in [0.717, 1.165) is 10.4 Å². The van der Waals surface area contributed by atoms with Crippen molar-refractivity contribution in [1.29, 1.82) is 0 Å². The smallest absolute Gasteiger partial charge is 0.264 e. The number of nitrogens with zero attached hydrogens (tertiary/aromatic N) is 2. The van der Waals surface area contributed by atoms with Crippen LogP contribution in [0.3, 0.4) is 0 Å². The minimum absolute atomic E-state index is 0.0159. The first-order chi connectivity index (χ1) is 13.3. The lowest BCUT2D eigenvalue weighted by atomic mass is 10.3. The number of ether oxygens (including phenoxy) is 1. The Labute approximate surface area is 164 Å². The van der Waals surface area contributed by atoms with Crippen LogP contribution in [0.25, 0.3) is 0 Å². The topological polar surface area (TPSA) is 84.0 Å². The van der Waals surface area contributed by atoms with Gasteiger partial charge in [-0.3, -0.25) is 4.31 Å². The molecule has 0 aliphatic carbocycles. The number of hydrogen-bond donors (Lipinski definition) is 0. The van der Waals surface area contributed by atoms with Gasteiger partial charge in [-0.1, -0.05) is 6.07 Å². The summed E-state index contributed by atoms with van der Waals surface area (Å²) in [5.41, 5.74) is 0.201. The van der Waals surface area contributed by atoms with Crippen LogP contribution in [0.1, 0.15) is 6.92 Å². The van der Waals surface area contributed by atoms with E-state index in [1.807, 2.05) is 0 Å². The number of morpholine rings is 1. The lowest BCUT2D eigenvalue weighted by Gasteiger charge is -2.26. The minimum atomic E-state index is -3.97. The zero-order chi connectivity index (χ0) is 20.4. The molecule has 2 aromatic rings. The van der Waals surface area contributed by atoms with Crippen molar-refractivity contribution < 1.29 is 26.0 Å². The fraction of sp³-hybridized carbons (Fsp3) is 0.333. The second-order valence-corrected chi connectivity index (χ2v) is 9.94. The first kappa shape index (κ1) is 20.7. The van der Waals surface area contributed by atoms with Crippen LogP contribution in [0.4, 0.5) is 10.1 Å². The molecule has 7 nitrogen and oxygen atoms in total. The van der Waals surface area contributed by atoms with E-state index in [-0.39, 0.29) is 35.1 Å². The summed E-state index contributed by atoms with van der Waals surface area (Å²) in [5, 5.41) is 0. The van der Waals surface area contributed by atoms with E-state index >= 15 is 0 Å². The number of anilines is 1. The number of hydrogen-bond acceptors (Lipinski definition) is 5. The van der Waals surface area contributed by atoms with Crippen molar-refractivity contribution in [2.75, 3.05) is 37.2 Å². The molecule has 0 N–H and O–H groups in total. The SMILES string of the molecule is CCN(c1cccc(F)c1)S(=O)(=O)c1ccc(S(=O)(=O)N2CCOCC2)cc1. The van der Waals surface area contributed by atoms with Gasteiger partial charge in [0.1, 0.15) is 5.82 Å². The maximum absolute atomic E-state index is 13.5. The van der Waals surface area contributed by atoms with Gasteiger partial charge >= 0.3 is 0 Å². The predicted octanol–water partition coefficient (Wildman–Crippen LogP) is 2.06. The Kier molecular flexibility index (Phi) is 6.04. The van der Waals surface area contributed by atoms with Crippen molar-refractivity contribution in [2.24, 2.45) is 0 Å². The van der Waals surface area contributed by atoms with Crippen LogP contribution in [0, 0.1) is 5.82 Å². The Morgan fingerprint density at radius 3 is 2.18 bits per heavy atom. The molecule has 2 aromatic carbocycles. The van der Waals surface area contributed by atoms with Crippen LogP contribution in [-0.2, 0) is 24.8 Å². The largest absolute Gasteiger partial charge is 0.379 e. The van der Waals surface area contributed by atoms with Crippen LogP contribution >= 0.6 is 0 Å². The van der Waals surface area contributed by atoms with Crippen molar-refractivity contribution in [3.8, 4) is 0 Å². The summed E-state index contributed by atoms with van der Waals surface area (Å²) in [4.78, 5) is -0.0540. The second kappa shape index (κ2) is 8.16. The summed E-state index contributed by atoms with van der Waals surface area (Å²) in [6.07, 6.45) is 0. The zero-order valence-electron chi connectivity index (χ0n) is 15.3. The molecule has 0 amide bonds. The fourth-order valence-electron chi connectivity index (χ4n) is 2.97. The van der Waals surface area contributed by atoms with E-state index in [0.29, 0.717) is 13.2 Å². The highest BCUT2D eigenvalue weighted by atomic mass is 32.2. The van der Waals surface area contributed by atoms with Gasteiger partial charge in [0.05, 0.1) is 28.7 Å². The quantitative estimate of drug-likeness (QED) is 0.703. The van der Waals surface area contributed by atoms with Gasteiger partial charge in [-0.25, -0.2) is 21.2 Å². The van der Waals surface area contributed by atoms with Gasteiger partial charge in [0, 0.05) is 19.6 Å². The van der Waals surface area contributed by atoms with Crippen LogP contribution in [-0.4, -0.2) is 54.0 Å². The van der Waals surface area contributed by atoms with E-state index < -0.39 is 25.9 Å². The van der Waals surface area contributed by atoms with Crippen LogP contribution in [0.15, 0.2) is 58.3 Å². The van der Waals surface area contributed by atoms with Gasteiger partial charge in [-0.05, 0) is 49.4 Å². The summed E-state index contributed by atoms with van der Waals surface area (Å²) < 4.78 is 72.3. The van der Waals surface area contributed by atoms with Gasteiger partial charge in [0.2, 0.25) is 10.0 Å². The van der Waals surface area contributed by atoms with Gasteiger partial charge < -0.3 is 4.74 Å². The average molecular weight is 429 g/mol. The highest BCUT2D eigenvalue weighted by Gasteiger charge is 2.28. The molecule has 1 saturated heterocycles. The molecule has 3 rings (SSSR count). The summed E-state index contributed by atoms with van der Waals surface area (Å²) in [5.74, 6) is -0.543. The van der Waals surface area contributed by atoms with Crippen LogP contribution in [0.2, 0.25) is 0 Å². The monoisotopic (exact) mass is 428 g/mol. The Morgan fingerprint density at radius 2 is 1.61 bits per heavy atom. The molecule has 10 heteroatoms. The highest BCUT2D eigenvalue weighted by molar-refractivity contribution is 7.92. The zero-order valence-corrected chi connectivity index (χ0v) is 16.9. The van der Waals surface area contributed by atoms with E-state index in [1.54, 1.807) is 6.92 Å². The number of sulfonamides is 2. The first-order valence-corrected chi connectivity index (χ1v) is 11.6. The Hall–Kier alpha value is -2.01. The maximum Gasteiger partial charge on any atom is 0.264 e. The minimum Gasteiger partial charge on any atom is -0.379 e. The summed E-state index contributed by atoms with van der Waals surface area (Å²) >= 11 is 0. The van der Waals surface area contributed by atoms with Crippen molar-refractivity contribution >= 4 is 25.7 Å². The summed E-state index contributed by atoms with van der Waals surface area (Å²) in [6, 6.07) is 10.4. The molecular weight excluding hydrogens is 407 g/mol. The standard InChI is InChI=1S/C18H21FN2O5S2/c1-2-21(16-5-3-4-15(19)14-16)28(24,25)18-8-6-17(7-9-18)27(22,23)20-10-12-26-13-11-20/h3-9,14H,2,10-13H2,1H3. The van der Waals surface area contributed by atoms with Crippen molar-refractivity contribution in [1.82, 2.24) is 4.31 Å². The van der Waals surface area contributed by atoms with Gasteiger partial charge in [0.15, 0.2) is 0 Å². The Balaban J connectivity index is 1.91. The molecule has 0 aromatic heterocycles. The lowest BCUT2D eigenvalue weighted by Crippen LogP contribution is -2.40. The second-order valence-electron chi connectivity index (χ2n) is 6.14. The third-order valence-corrected chi connectivity index (χ3v) is 8.23. The third kappa shape index (κ3) is 4.04. The molecule has 1 aliphatic rings. The molecule has 0 atom stereocenters. The molecule has 0 radical (unpaired) electrons. The molecule has 1 fully saturated rings. The molecule has 152 valence electrons. The van der Waals surface area contributed by atoms with Crippen LogP contribution in [0.5, 0.6) is 0 Å². The lowest BCUT2D eigenvalue weighted by molar-refractivity contribution is 0.0730. The maximum atomic E-state index is 13.5. The average Bonchev–Trinajstić information content (AvgIpc) is 2.69. The van der Waals surface area contributed by atoms with E-state index in [4.69, 9.17) is 4.74 Å². The van der Waals surface area contributed by atoms with Crippen molar-refractivity contribution in [2.45, 2.75) is 16.7 Å². The molecule has 0 bridgehead atoms. The summed E-state index contributed by atoms with van der Waals surface area (Å²) in [7, 11) is -7.68. The van der Waals surface area contributed by atoms with Gasteiger partial charge in [-0.2, -0.15) is 4.31 Å². The third-order valence-electron chi connectivity index (χ3n) is 4.40. The highest BCUT2D eigenvalue weighted by Crippen LogP contribution is 2.26. The predicted molar refractivity (Wildman–Crippen MR) is 103 cm³/mol. The molecule has 0 unspecified atom stereocenters. The molecule has 0 spiro atoms.